The standard InChI is InChI=1S/C17H22BrNO/c1-2-11-20-17-8-7-16(18)12-15(17)13-19-10-9-14-5-3-4-6-14/h1,7-8,12,14,19H,3-6,9-11,13H2. The van der Waals surface area contributed by atoms with Gasteiger partial charge in [0.1, 0.15) is 12.4 Å². The highest BCUT2D eigenvalue weighted by Crippen LogP contribution is 2.27. The van der Waals surface area contributed by atoms with Crippen LogP contribution in [-0.2, 0) is 6.54 Å². The summed E-state index contributed by atoms with van der Waals surface area (Å²) in [5.41, 5.74) is 1.15. The molecule has 0 radical (unpaired) electrons. The fraction of sp³-hybridized carbons (Fsp3) is 0.529. The van der Waals surface area contributed by atoms with Crippen LogP contribution in [0.5, 0.6) is 5.75 Å². The van der Waals surface area contributed by atoms with E-state index in [0.717, 1.165) is 34.8 Å². The number of hydrogen-bond donors (Lipinski definition) is 1. The minimum absolute atomic E-state index is 0.316. The number of nitrogens with one attached hydrogen (secondary N) is 1. The molecule has 0 aliphatic heterocycles. The van der Waals surface area contributed by atoms with E-state index in [1.807, 2.05) is 12.1 Å². The first kappa shape index (κ1) is 15.4. The molecule has 1 aliphatic carbocycles. The van der Waals surface area contributed by atoms with E-state index in [2.05, 4.69) is 33.2 Å². The van der Waals surface area contributed by atoms with Crippen molar-refractivity contribution in [1.82, 2.24) is 5.32 Å². The number of halogens is 1. The third-order valence-corrected chi connectivity index (χ3v) is 4.35. The molecule has 0 atom stereocenters. The number of terminal acetylenes is 1. The van der Waals surface area contributed by atoms with Gasteiger partial charge in [0.15, 0.2) is 0 Å². The predicted molar refractivity (Wildman–Crippen MR) is 86.8 cm³/mol. The van der Waals surface area contributed by atoms with Crippen molar-refractivity contribution >= 4 is 15.9 Å². The normalized spacial score (nSPS) is 15.2. The molecule has 1 saturated carbocycles. The Balaban J connectivity index is 1.81. The first-order valence-corrected chi connectivity index (χ1v) is 8.14. The zero-order valence-electron chi connectivity index (χ0n) is 11.8. The maximum absolute atomic E-state index is 5.57. The summed E-state index contributed by atoms with van der Waals surface area (Å²) in [7, 11) is 0. The summed E-state index contributed by atoms with van der Waals surface area (Å²) in [5, 5.41) is 3.52. The van der Waals surface area contributed by atoms with Gasteiger partial charge in [0.2, 0.25) is 0 Å². The molecular formula is C17H22BrNO. The van der Waals surface area contributed by atoms with Crippen molar-refractivity contribution in [1.29, 1.82) is 0 Å². The Hall–Kier alpha value is -0.980. The molecule has 2 rings (SSSR count). The van der Waals surface area contributed by atoms with Crippen molar-refractivity contribution in [2.24, 2.45) is 5.92 Å². The third-order valence-electron chi connectivity index (χ3n) is 3.85. The second-order valence-corrected chi connectivity index (χ2v) is 6.28. The molecule has 20 heavy (non-hydrogen) atoms. The Morgan fingerprint density at radius 2 is 2.15 bits per heavy atom. The average molecular weight is 336 g/mol. The van der Waals surface area contributed by atoms with Gasteiger partial charge in [-0.05, 0) is 37.1 Å². The minimum atomic E-state index is 0.316. The van der Waals surface area contributed by atoms with Gasteiger partial charge in [-0.3, -0.25) is 0 Å². The summed E-state index contributed by atoms with van der Waals surface area (Å²) in [6, 6.07) is 6.04. The number of benzene rings is 1. The smallest absolute Gasteiger partial charge is 0.148 e. The molecule has 0 aromatic heterocycles. The van der Waals surface area contributed by atoms with Crippen LogP contribution in [0.15, 0.2) is 22.7 Å². The topological polar surface area (TPSA) is 21.3 Å². The Bertz CT molecular complexity index is 461. The van der Waals surface area contributed by atoms with E-state index in [9.17, 15) is 0 Å². The van der Waals surface area contributed by atoms with Gasteiger partial charge in [-0.2, -0.15) is 0 Å². The Kier molecular flexibility index (Phi) is 6.42. The summed E-state index contributed by atoms with van der Waals surface area (Å²) in [5.74, 6) is 4.32. The first-order chi connectivity index (χ1) is 9.79. The van der Waals surface area contributed by atoms with Crippen molar-refractivity contribution in [2.45, 2.75) is 38.6 Å². The van der Waals surface area contributed by atoms with Gasteiger partial charge in [0.05, 0.1) is 0 Å². The molecule has 1 aliphatic rings. The molecule has 0 bridgehead atoms. The summed E-state index contributed by atoms with van der Waals surface area (Å²) in [6.45, 7) is 2.22. The molecule has 1 aromatic rings. The molecule has 0 spiro atoms. The molecule has 3 heteroatoms. The van der Waals surface area contributed by atoms with Crippen LogP contribution in [0.25, 0.3) is 0 Å². The van der Waals surface area contributed by atoms with Crippen LogP contribution in [0, 0.1) is 18.3 Å². The van der Waals surface area contributed by atoms with Gasteiger partial charge in [-0.15, -0.1) is 6.42 Å². The molecule has 1 N–H and O–H groups in total. The molecule has 1 fully saturated rings. The molecule has 0 saturated heterocycles. The third kappa shape index (κ3) is 4.85. The van der Waals surface area contributed by atoms with Crippen LogP contribution < -0.4 is 10.1 Å². The number of hydrogen-bond acceptors (Lipinski definition) is 2. The van der Waals surface area contributed by atoms with E-state index >= 15 is 0 Å². The number of rotatable bonds is 7. The highest BCUT2D eigenvalue weighted by molar-refractivity contribution is 9.10. The van der Waals surface area contributed by atoms with Crippen LogP contribution in [0.3, 0.4) is 0 Å². The van der Waals surface area contributed by atoms with Crippen molar-refractivity contribution < 1.29 is 4.74 Å². The van der Waals surface area contributed by atoms with Gasteiger partial charge in [-0.1, -0.05) is 47.5 Å². The Morgan fingerprint density at radius 1 is 1.35 bits per heavy atom. The zero-order valence-corrected chi connectivity index (χ0v) is 13.4. The minimum Gasteiger partial charge on any atom is -0.481 e. The van der Waals surface area contributed by atoms with Gasteiger partial charge < -0.3 is 10.1 Å². The lowest BCUT2D eigenvalue weighted by Crippen LogP contribution is -2.17. The van der Waals surface area contributed by atoms with E-state index in [-0.39, 0.29) is 0 Å². The van der Waals surface area contributed by atoms with Crippen LogP contribution in [0.1, 0.15) is 37.7 Å². The fourth-order valence-electron chi connectivity index (χ4n) is 2.77. The average Bonchev–Trinajstić information content (AvgIpc) is 2.96. The van der Waals surface area contributed by atoms with Gasteiger partial charge in [0.25, 0.3) is 0 Å². The molecule has 0 heterocycles. The maximum atomic E-state index is 5.57. The Labute approximate surface area is 130 Å². The van der Waals surface area contributed by atoms with Crippen molar-refractivity contribution in [3.8, 4) is 18.1 Å². The van der Waals surface area contributed by atoms with Gasteiger partial charge in [-0.25, -0.2) is 0 Å². The monoisotopic (exact) mass is 335 g/mol. The predicted octanol–water partition coefficient (Wildman–Crippen LogP) is 4.13. The first-order valence-electron chi connectivity index (χ1n) is 7.35. The lowest BCUT2D eigenvalue weighted by Gasteiger charge is -2.13. The zero-order chi connectivity index (χ0) is 14.2. The van der Waals surface area contributed by atoms with Crippen molar-refractivity contribution in [2.75, 3.05) is 13.2 Å². The van der Waals surface area contributed by atoms with Crippen molar-refractivity contribution in [3.63, 3.8) is 0 Å². The van der Waals surface area contributed by atoms with Crippen LogP contribution >= 0.6 is 15.9 Å². The van der Waals surface area contributed by atoms with Crippen molar-refractivity contribution in [3.05, 3.63) is 28.2 Å². The second kappa shape index (κ2) is 8.34. The highest BCUT2D eigenvalue weighted by Gasteiger charge is 2.14. The molecule has 108 valence electrons. The highest BCUT2D eigenvalue weighted by atomic mass is 79.9. The second-order valence-electron chi connectivity index (χ2n) is 5.36. The molecule has 2 nitrogen and oxygen atoms in total. The van der Waals surface area contributed by atoms with E-state index in [0.29, 0.717) is 6.61 Å². The number of ether oxygens (including phenoxy) is 1. The van der Waals surface area contributed by atoms with Crippen LogP contribution in [0.2, 0.25) is 0 Å². The Morgan fingerprint density at radius 3 is 2.90 bits per heavy atom. The van der Waals surface area contributed by atoms with E-state index in [1.165, 1.54) is 32.1 Å². The quantitative estimate of drug-likeness (QED) is 0.597. The summed E-state index contributed by atoms with van der Waals surface area (Å²) in [4.78, 5) is 0. The summed E-state index contributed by atoms with van der Waals surface area (Å²) >= 11 is 3.50. The van der Waals surface area contributed by atoms with Crippen LogP contribution in [-0.4, -0.2) is 13.2 Å². The summed E-state index contributed by atoms with van der Waals surface area (Å²) < 4.78 is 6.64. The summed E-state index contributed by atoms with van der Waals surface area (Å²) in [6.07, 6.45) is 12.2. The van der Waals surface area contributed by atoms with E-state index < -0.39 is 0 Å². The van der Waals surface area contributed by atoms with E-state index in [1.54, 1.807) is 0 Å². The lowest BCUT2D eigenvalue weighted by atomic mass is 10.0. The van der Waals surface area contributed by atoms with Gasteiger partial charge >= 0.3 is 0 Å². The maximum Gasteiger partial charge on any atom is 0.148 e. The molecule has 0 amide bonds. The largest absolute Gasteiger partial charge is 0.481 e. The molecule has 1 aromatic carbocycles. The molecule has 0 unspecified atom stereocenters. The van der Waals surface area contributed by atoms with E-state index in [4.69, 9.17) is 11.2 Å². The molecular weight excluding hydrogens is 314 g/mol. The van der Waals surface area contributed by atoms with Crippen LogP contribution in [0.4, 0.5) is 0 Å². The fourth-order valence-corrected chi connectivity index (χ4v) is 3.18. The lowest BCUT2D eigenvalue weighted by molar-refractivity contribution is 0.364. The van der Waals surface area contributed by atoms with Gasteiger partial charge in [0, 0.05) is 16.6 Å². The SMILES string of the molecule is C#CCOc1ccc(Br)cc1CNCCC1CCCC1.